The zero-order chi connectivity index (χ0) is 19.9. The van der Waals surface area contributed by atoms with E-state index in [2.05, 4.69) is 20.2 Å². The van der Waals surface area contributed by atoms with Crippen LogP contribution in [0.3, 0.4) is 0 Å². The molecular weight excluding hydrogens is 440 g/mol. The molecule has 5 N–H and O–H groups in total. The Hall–Kier alpha value is -2.49. The molecule has 1 saturated heterocycles. The molecule has 4 rings (SSSR count). The van der Waals surface area contributed by atoms with Crippen molar-refractivity contribution in [3.05, 3.63) is 48.0 Å². The Morgan fingerprint density at radius 3 is 2.47 bits per heavy atom. The van der Waals surface area contributed by atoms with E-state index >= 15 is 0 Å². The number of aromatic nitrogens is 2. The molecule has 0 aliphatic carbocycles. The minimum absolute atomic E-state index is 0. The zero-order valence-corrected chi connectivity index (χ0v) is 17.3. The third kappa shape index (κ3) is 4.97. The van der Waals surface area contributed by atoms with E-state index in [0.717, 1.165) is 30.5 Å². The van der Waals surface area contributed by atoms with Crippen molar-refractivity contribution >= 4 is 58.9 Å². The number of hydrogen-bond acceptors (Lipinski definition) is 6. The lowest BCUT2D eigenvalue weighted by Gasteiger charge is -2.20. The average Bonchev–Trinajstić information content (AvgIpc) is 3.06. The molecule has 1 fully saturated rings. The summed E-state index contributed by atoms with van der Waals surface area (Å²) in [5.41, 5.74) is 11.7. The molecule has 3 aromatic rings. The number of anilines is 4. The molecule has 1 atom stereocenters. The van der Waals surface area contributed by atoms with Crippen molar-refractivity contribution in [1.82, 2.24) is 9.97 Å². The van der Waals surface area contributed by atoms with Crippen LogP contribution in [0.5, 0.6) is 0 Å². The first-order chi connectivity index (χ1) is 13.3. The molecule has 0 radical (unpaired) electrons. The first kappa shape index (κ1) is 23.8. The number of nitrogen functional groups attached to an aromatic ring is 1. The Morgan fingerprint density at radius 1 is 1.07 bits per heavy atom. The Balaban J connectivity index is 0.00000160. The minimum atomic E-state index is -4.49. The predicted molar refractivity (Wildman–Crippen MR) is 118 cm³/mol. The van der Waals surface area contributed by atoms with Crippen LogP contribution < -0.4 is 21.7 Å². The maximum Gasteiger partial charge on any atom is 0.416 e. The van der Waals surface area contributed by atoms with Crippen LogP contribution in [0.1, 0.15) is 12.0 Å². The second-order valence-corrected chi connectivity index (χ2v) is 6.85. The molecule has 162 valence electrons. The molecular formula is C19H21Cl2F3N6. The summed E-state index contributed by atoms with van der Waals surface area (Å²) >= 11 is 0. The molecule has 0 saturated carbocycles. The van der Waals surface area contributed by atoms with Crippen LogP contribution in [0, 0.1) is 0 Å². The van der Waals surface area contributed by atoms with Gasteiger partial charge in [0, 0.05) is 35.9 Å². The number of hydrogen-bond donors (Lipinski definition) is 3. The molecule has 6 nitrogen and oxygen atoms in total. The van der Waals surface area contributed by atoms with Gasteiger partial charge in [0.15, 0.2) is 0 Å². The number of fused-ring (bicyclic) bond motifs is 1. The Kier molecular flexibility index (Phi) is 7.23. The number of nitrogens with two attached hydrogens (primary N) is 2. The lowest BCUT2D eigenvalue weighted by atomic mass is 10.1. The lowest BCUT2D eigenvalue weighted by Crippen LogP contribution is -2.27. The van der Waals surface area contributed by atoms with Crippen molar-refractivity contribution in [2.75, 3.05) is 29.0 Å². The van der Waals surface area contributed by atoms with Crippen molar-refractivity contribution in [2.45, 2.75) is 18.6 Å². The first-order valence-electron chi connectivity index (χ1n) is 8.82. The summed E-state index contributed by atoms with van der Waals surface area (Å²) in [5, 5.41) is 3.73. The summed E-state index contributed by atoms with van der Waals surface area (Å²) in [6.07, 6.45) is -3.64. The number of benzene rings is 2. The number of nitrogens with one attached hydrogen (secondary N) is 1. The highest BCUT2D eigenvalue weighted by molar-refractivity contribution is 5.91. The van der Waals surface area contributed by atoms with Crippen molar-refractivity contribution in [3.63, 3.8) is 0 Å². The standard InChI is InChI=1S/C19H19F3N6.2ClH/c20-19(21,22)11-7-13(24)9-14(8-11)25-18-26-16-4-2-1-3-15(16)17(27-18)28-6-5-12(23)10-28;;/h1-4,7-9,12H,5-6,10,23-24H2,(H,25,26,27);2*1H/t12-;;/m0../s1. The second-order valence-electron chi connectivity index (χ2n) is 6.85. The lowest BCUT2D eigenvalue weighted by molar-refractivity contribution is -0.137. The van der Waals surface area contributed by atoms with Gasteiger partial charge in [0.05, 0.1) is 11.1 Å². The van der Waals surface area contributed by atoms with Gasteiger partial charge in [0.25, 0.3) is 0 Å². The number of alkyl halides is 3. The van der Waals surface area contributed by atoms with E-state index in [0.29, 0.717) is 17.9 Å². The molecule has 1 aliphatic rings. The van der Waals surface area contributed by atoms with Gasteiger partial charge in [-0.2, -0.15) is 18.2 Å². The van der Waals surface area contributed by atoms with E-state index in [-0.39, 0.29) is 48.2 Å². The molecule has 11 heteroatoms. The van der Waals surface area contributed by atoms with Gasteiger partial charge < -0.3 is 21.7 Å². The summed E-state index contributed by atoms with van der Waals surface area (Å²) in [6.45, 7) is 1.43. The molecule has 0 spiro atoms. The van der Waals surface area contributed by atoms with Crippen molar-refractivity contribution in [3.8, 4) is 0 Å². The summed E-state index contributed by atoms with van der Waals surface area (Å²) in [6, 6.07) is 10.9. The number of para-hydroxylation sites is 1. The van der Waals surface area contributed by atoms with E-state index < -0.39 is 11.7 Å². The van der Waals surface area contributed by atoms with Crippen LogP contribution in [0.15, 0.2) is 42.5 Å². The van der Waals surface area contributed by atoms with Gasteiger partial charge in [0.2, 0.25) is 5.95 Å². The highest BCUT2D eigenvalue weighted by atomic mass is 35.5. The zero-order valence-electron chi connectivity index (χ0n) is 15.7. The van der Waals surface area contributed by atoms with E-state index in [1.165, 1.54) is 6.07 Å². The molecule has 0 bridgehead atoms. The van der Waals surface area contributed by atoms with Gasteiger partial charge in [0.1, 0.15) is 5.82 Å². The van der Waals surface area contributed by atoms with Gasteiger partial charge in [-0.05, 0) is 36.8 Å². The van der Waals surface area contributed by atoms with Gasteiger partial charge in [-0.15, -0.1) is 24.8 Å². The monoisotopic (exact) mass is 460 g/mol. The maximum atomic E-state index is 13.1. The minimum Gasteiger partial charge on any atom is -0.399 e. The van der Waals surface area contributed by atoms with Gasteiger partial charge in [-0.25, -0.2) is 4.98 Å². The third-order valence-corrected chi connectivity index (χ3v) is 4.65. The maximum absolute atomic E-state index is 13.1. The fourth-order valence-corrected chi connectivity index (χ4v) is 3.35. The molecule has 2 heterocycles. The molecule has 1 aliphatic heterocycles. The summed E-state index contributed by atoms with van der Waals surface area (Å²) in [5.74, 6) is 0.911. The van der Waals surface area contributed by atoms with E-state index in [1.807, 2.05) is 24.3 Å². The molecule has 0 unspecified atom stereocenters. The third-order valence-electron chi connectivity index (χ3n) is 4.65. The van der Waals surface area contributed by atoms with Crippen LogP contribution in [0.25, 0.3) is 10.9 Å². The van der Waals surface area contributed by atoms with Crippen LogP contribution >= 0.6 is 24.8 Å². The number of nitrogens with zero attached hydrogens (tertiary/aromatic N) is 3. The first-order valence-corrected chi connectivity index (χ1v) is 8.82. The van der Waals surface area contributed by atoms with E-state index in [4.69, 9.17) is 11.5 Å². The summed E-state index contributed by atoms with van der Waals surface area (Å²) in [7, 11) is 0. The SMILES string of the molecule is Cl.Cl.Nc1cc(Nc2nc(N3CC[C@H](N)C3)c3ccccc3n2)cc(C(F)(F)F)c1. The quantitative estimate of drug-likeness (QED) is 0.502. The van der Waals surface area contributed by atoms with Crippen LogP contribution in [0.2, 0.25) is 0 Å². The topological polar surface area (TPSA) is 93.1 Å². The largest absolute Gasteiger partial charge is 0.416 e. The van der Waals surface area contributed by atoms with E-state index in [9.17, 15) is 13.2 Å². The second kappa shape index (κ2) is 9.11. The van der Waals surface area contributed by atoms with Crippen LogP contribution in [-0.4, -0.2) is 29.1 Å². The Morgan fingerprint density at radius 2 is 1.80 bits per heavy atom. The van der Waals surface area contributed by atoms with Crippen molar-refractivity contribution in [1.29, 1.82) is 0 Å². The van der Waals surface area contributed by atoms with Crippen molar-refractivity contribution < 1.29 is 13.2 Å². The smallest absolute Gasteiger partial charge is 0.399 e. The van der Waals surface area contributed by atoms with Gasteiger partial charge >= 0.3 is 6.18 Å². The Bertz CT molecular complexity index is 1030. The van der Waals surface area contributed by atoms with Crippen LogP contribution in [-0.2, 0) is 6.18 Å². The fraction of sp³-hybridized carbons (Fsp3) is 0.263. The van der Waals surface area contributed by atoms with Gasteiger partial charge in [-0.3, -0.25) is 0 Å². The highest BCUT2D eigenvalue weighted by Gasteiger charge is 2.31. The fourth-order valence-electron chi connectivity index (χ4n) is 3.35. The van der Waals surface area contributed by atoms with E-state index in [1.54, 1.807) is 0 Å². The number of halogens is 5. The molecule has 0 amide bonds. The summed E-state index contributed by atoms with van der Waals surface area (Å²) < 4.78 is 39.2. The normalized spacial score (nSPS) is 16.1. The average molecular weight is 461 g/mol. The molecule has 30 heavy (non-hydrogen) atoms. The van der Waals surface area contributed by atoms with Crippen LogP contribution in [0.4, 0.5) is 36.3 Å². The summed E-state index contributed by atoms with van der Waals surface area (Å²) in [4.78, 5) is 11.1. The Labute approximate surface area is 183 Å². The molecule has 1 aromatic heterocycles. The van der Waals surface area contributed by atoms with Gasteiger partial charge in [-0.1, -0.05) is 12.1 Å². The van der Waals surface area contributed by atoms with Crippen molar-refractivity contribution in [2.24, 2.45) is 5.73 Å². The number of rotatable bonds is 3. The predicted octanol–water partition coefficient (Wildman–Crippen LogP) is 4.36. The highest BCUT2D eigenvalue weighted by Crippen LogP contribution is 2.34. The molecule has 2 aromatic carbocycles.